The monoisotopic (exact) mass is 879 g/mol. The van der Waals surface area contributed by atoms with Crippen LogP contribution in [0.15, 0.2) is 249 Å². The number of rotatable bonds is 4. The Morgan fingerprint density at radius 2 is 0.681 bits per heavy atom. The number of nitrogens with zero attached hydrogens (tertiary/aromatic N) is 1. The molecule has 2 aliphatic carbocycles. The second-order valence-corrected chi connectivity index (χ2v) is 18.7. The topological polar surface area (TPSA) is 21.7 Å². The van der Waals surface area contributed by atoms with E-state index < -0.39 is 10.8 Å². The van der Waals surface area contributed by atoms with Crippen LogP contribution in [0.5, 0.6) is 23.0 Å². The molecule has 0 saturated heterocycles. The van der Waals surface area contributed by atoms with Gasteiger partial charge >= 0.3 is 0 Å². The third-order valence-electron chi connectivity index (χ3n) is 15.4. The zero-order chi connectivity index (χ0) is 45.3. The highest BCUT2D eigenvalue weighted by Gasteiger charge is 2.52. The fourth-order valence-electron chi connectivity index (χ4n) is 12.7. The van der Waals surface area contributed by atoms with Gasteiger partial charge in [-0.3, -0.25) is 0 Å². The summed E-state index contributed by atoms with van der Waals surface area (Å²) in [5.74, 6) is 3.56. The van der Waals surface area contributed by atoms with Crippen molar-refractivity contribution in [3.63, 3.8) is 0 Å². The standard InChI is InChI=1S/C66H41NO2/c1-2-18-42(19-3-1)47-20-6-13-29-60(47)67(46-36-37-50-48-21-4-7-23-52(48)66(59(50)41-46)56-27-11-16-32-63(56)69-64-33-17-12-28-57(64)66)45-35-34-43-40-58-51(39-44(43)38-45)49-22-5-8-24-53(49)65(58)54-25-9-14-30-61(54)68-62-31-15-10-26-55(62)65/h1-41H. The average molecular weight is 880 g/mol. The third kappa shape index (κ3) is 5.11. The van der Waals surface area contributed by atoms with Crippen LogP contribution in [0.3, 0.4) is 0 Å². The van der Waals surface area contributed by atoms with Crippen molar-refractivity contribution in [2.75, 3.05) is 4.90 Å². The smallest absolute Gasteiger partial charge is 0.132 e. The van der Waals surface area contributed by atoms with Gasteiger partial charge < -0.3 is 14.4 Å². The highest BCUT2D eigenvalue weighted by atomic mass is 16.5. The molecule has 3 heteroatoms. The minimum atomic E-state index is -0.604. The van der Waals surface area contributed by atoms with Gasteiger partial charge in [0, 0.05) is 39.2 Å². The van der Waals surface area contributed by atoms with Crippen molar-refractivity contribution in [3.8, 4) is 56.4 Å². The molecule has 322 valence electrons. The number of para-hydroxylation sites is 5. The molecule has 0 N–H and O–H groups in total. The molecular formula is C66H41NO2. The molecule has 69 heavy (non-hydrogen) atoms. The largest absolute Gasteiger partial charge is 0.457 e. The van der Waals surface area contributed by atoms with Crippen molar-refractivity contribution in [3.05, 3.63) is 293 Å². The van der Waals surface area contributed by atoms with Crippen molar-refractivity contribution < 1.29 is 9.47 Å². The maximum atomic E-state index is 6.72. The number of hydrogen-bond donors (Lipinski definition) is 0. The predicted octanol–water partition coefficient (Wildman–Crippen LogP) is 16.9. The Hall–Kier alpha value is -8.92. The SMILES string of the molecule is c1ccc(-c2ccccc2N(c2ccc3c(c2)C2(c4ccccc4Oc4ccccc42)c2ccccc2-3)c2ccc3cc4c(cc3c2)-c2ccccc2C42c3ccccc3Oc3ccccc32)cc1. The van der Waals surface area contributed by atoms with Gasteiger partial charge in [0.05, 0.1) is 16.5 Å². The number of benzene rings is 11. The van der Waals surface area contributed by atoms with Crippen LogP contribution in [0, 0.1) is 0 Å². The first-order chi connectivity index (χ1) is 34.2. The van der Waals surface area contributed by atoms with E-state index in [1.54, 1.807) is 0 Å². The van der Waals surface area contributed by atoms with Gasteiger partial charge in [-0.2, -0.15) is 0 Å². The van der Waals surface area contributed by atoms with E-state index in [0.29, 0.717) is 0 Å². The van der Waals surface area contributed by atoms with Gasteiger partial charge in [0.2, 0.25) is 0 Å². The van der Waals surface area contributed by atoms with Gasteiger partial charge in [-0.1, -0.05) is 182 Å². The molecular weight excluding hydrogens is 839 g/mol. The lowest BCUT2D eigenvalue weighted by atomic mass is 9.66. The lowest BCUT2D eigenvalue weighted by Gasteiger charge is -2.39. The maximum Gasteiger partial charge on any atom is 0.132 e. The summed E-state index contributed by atoms with van der Waals surface area (Å²) in [5, 5.41) is 2.35. The molecule has 3 nitrogen and oxygen atoms in total. The first-order valence-corrected chi connectivity index (χ1v) is 23.8. The van der Waals surface area contributed by atoms with Gasteiger partial charge in [0.25, 0.3) is 0 Å². The fourth-order valence-corrected chi connectivity index (χ4v) is 12.7. The van der Waals surface area contributed by atoms with E-state index in [0.717, 1.165) is 62.3 Å². The molecule has 0 saturated carbocycles. The van der Waals surface area contributed by atoms with Crippen LogP contribution in [0.1, 0.15) is 44.5 Å². The second kappa shape index (κ2) is 14.3. The Balaban J connectivity index is 0.984. The third-order valence-corrected chi connectivity index (χ3v) is 15.4. The Bertz CT molecular complexity index is 3850. The molecule has 4 aliphatic rings. The van der Waals surface area contributed by atoms with Crippen LogP contribution in [0.4, 0.5) is 17.1 Å². The van der Waals surface area contributed by atoms with Crippen LogP contribution in [0.25, 0.3) is 44.2 Å². The van der Waals surface area contributed by atoms with E-state index in [2.05, 4.69) is 254 Å². The molecule has 11 aromatic rings. The molecule has 0 radical (unpaired) electrons. The fraction of sp³-hybridized carbons (Fsp3) is 0.0303. The average Bonchev–Trinajstić information content (AvgIpc) is 3.85. The molecule has 0 atom stereocenters. The number of fused-ring (bicyclic) bond motifs is 19. The molecule has 0 aromatic heterocycles. The summed E-state index contributed by atoms with van der Waals surface area (Å²) in [6.07, 6.45) is 0. The molecule has 2 aliphatic heterocycles. The Morgan fingerprint density at radius 1 is 0.261 bits per heavy atom. The predicted molar refractivity (Wildman–Crippen MR) is 279 cm³/mol. The van der Waals surface area contributed by atoms with Gasteiger partial charge in [-0.15, -0.1) is 0 Å². The highest BCUT2D eigenvalue weighted by Crippen LogP contribution is 2.64. The van der Waals surface area contributed by atoms with Crippen molar-refractivity contribution in [2.45, 2.75) is 10.8 Å². The van der Waals surface area contributed by atoms with Gasteiger partial charge in [-0.25, -0.2) is 0 Å². The van der Waals surface area contributed by atoms with Gasteiger partial charge in [0.15, 0.2) is 0 Å². The van der Waals surface area contributed by atoms with Crippen molar-refractivity contribution >= 4 is 27.8 Å². The number of anilines is 3. The van der Waals surface area contributed by atoms with Crippen molar-refractivity contribution in [1.29, 1.82) is 0 Å². The number of hydrogen-bond acceptors (Lipinski definition) is 3. The van der Waals surface area contributed by atoms with Crippen LogP contribution in [0.2, 0.25) is 0 Å². The minimum Gasteiger partial charge on any atom is -0.457 e. The van der Waals surface area contributed by atoms with Gasteiger partial charge in [-0.05, 0) is 128 Å². The molecule has 0 bridgehead atoms. The first kappa shape index (κ1) is 38.2. The van der Waals surface area contributed by atoms with E-state index >= 15 is 0 Å². The summed E-state index contributed by atoms with van der Waals surface area (Å²) < 4.78 is 13.4. The molecule has 11 aromatic carbocycles. The molecule has 0 unspecified atom stereocenters. The zero-order valence-electron chi connectivity index (χ0n) is 37.4. The minimum absolute atomic E-state index is 0.537. The lowest BCUT2D eigenvalue weighted by molar-refractivity contribution is 0.436. The van der Waals surface area contributed by atoms with Crippen molar-refractivity contribution in [1.82, 2.24) is 0 Å². The second-order valence-electron chi connectivity index (χ2n) is 18.7. The van der Waals surface area contributed by atoms with Crippen LogP contribution in [-0.4, -0.2) is 0 Å². The zero-order valence-corrected chi connectivity index (χ0v) is 37.4. The van der Waals surface area contributed by atoms with Crippen LogP contribution < -0.4 is 14.4 Å². The molecule has 2 spiro atoms. The van der Waals surface area contributed by atoms with E-state index in [1.807, 2.05) is 0 Å². The van der Waals surface area contributed by atoms with E-state index in [9.17, 15) is 0 Å². The maximum absolute atomic E-state index is 6.72. The van der Waals surface area contributed by atoms with Crippen molar-refractivity contribution in [2.24, 2.45) is 0 Å². The Labute approximate surface area is 400 Å². The molecule has 0 fully saturated rings. The summed E-state index contributed by atoms with van der Waals surface area (Å²) in [5.41, 5.74) is 19.1. The van der Waals surface area contributed by atoms with E-state index in [4.69, 9.17) is 9.47 Å². The highest BCUT2D eigenvalue weighted by molar-refractivity contribution is 6.00. The summed E-state index contributed by atoms with van der Waals surface area (Å²) in [7, 11) is 0. The molecule has 15 rings (SSSR count). The summed E-state index contributed by atoms with van der Waals surface area (Å²) in [6, 6.07) is 91.0. The summed E-state index contributed by atoms with van der Waals surface area (Å²) in [6.45, 7) is 0. The quantitative estimate of drug-likeness (QED) is 0.176. The molecule has 0 amide bonds. The lowest BCUT2D eigenvalue weighted by Crippen LogP contribution is -2.32. The summed E-state index contributed by atoms with van der Waals surface area (Å²) in [4.78, 5) is 2.48. The van der Waals surface area contributed by atoms with Crippen LogP contribution >= 0.6 is 0 Å². The summed E-state index contributed by atoms with van der Waals surface area (Å²) >= 11 is 0. The van der Waals surface area contributed by atoms with E-state index in [-0.39, 0.29) is 0 Å². The van der Waals surface area contributed by atoms with Gasteiger partial charge in [0.1, 0.15) is 23.0 Å². The number of ether oxygens (including phenoxy) is 2. The normalized spacial score (nSPS) is 14.3. The molecule has 2 heterocycles. The Kier molecular flexibility index (Phi) is 7.92. The van der Waals surface area contributed by atoms with Crippen LogP contribution in [-0.2, 0) is 10.8 Å². The Morgan fingerprint density at radius 3 is 1.26 bits per heavy atom. The van der Waals surface area contributed by atoms with E-state index in [1.165, 1.54) is 66.4 Å². The first-order valence-electron chi connectivity index (χ1n) is 23.8.